The van der Waals surface area contributed by atoms with Crippen molar-refractivity contribution < 1.29 is 27.1 Å². The topological polar surface area (TPSA) is 32.8 Å². The fourth-order valence-corrected chi connectivity index (χ4v) is 5.79. The van der Waals surface area contributed by atoms with E-state index in [-0.39, 0.29) is 30.2 Å². The lowest BCUT2D eigenvalue weighted by molar-refractivity contribution is -0.180. The first-order valence-electron chi connectivity index (χ1n) is 13.0. The van der Waals surface area contributed by atoms with Gasteiger partial charge in [0, 0.05) is 19.6 Å². The quantitative estimate of drug-likeness (QED) is 0.422. The molecule has 1 amide bonds. The number of nitrogens with zero attached hydrogens (tertiary/aromatic N) is 2. The molecule has 2 atom stereocenters. The van der Waals surface area contributed by atoms with Gasteiger partial charge >= 0.3 is 6.18 Å². The van der Waals surface area contributed by atoms with Crippen molar-refractivity contribution in [3.05, 3.63) is 71.0 Å². The third-order valence-corrected chi connectivity index (χ3v) is 8.08. The minimum absolute atomic E-state index is 0.0749. The van der Waals surface area contributed by atoms with Crippen LogP contribution in [0, 0.1) is 11.7 Å². The van der Waals surface area contributed by atoms with Crippen molar-refractivity contribution >= 4 is 5.91 Å². The molecule has 2 unspecified atom stereocenters. The van der Waals surface area contributed by atoms with E-state index < -0.39 is 17.3 Å². The van der Waals surface area contributed by atoms with E-state index in [0.29, 0.717) is 24.5 Å². The normalized spacial score (nSPS) is 23.8. The second-order valence-corrected chi connectivity index (χ2v) is 10.8. The van der Waals surface area contributed by atoms with Crippen LogP contribution in [-0.2, 0) is 22.3 Å². The molecule has 2 aromatic rings. The second-order valence-electron chi connectivity index (χ2n) is 10.8. The molecule has 2 fully saturated rings. The van der Waals surface area contributed by atoms with Crippen LogP contribution in [0.15, 0.2) is 48.5 Å². The molecular weight excluding hydrogens is 484 g/mol. The zero-order chi connectivity index (χ0) is 26.8. The predicted octanol–water partition coefficient (Wildman–Crippen LogP) is 6.26. The third-order valence-electron chi connectivity index (χ3n) is 8.08. The van der Waals surface area contributed by atoms with Gasteiger partial charge in [0.25, 0.3) is 5.91 Å². The number of alkyl halides is 3. The highest BCUT2D eigenvalue weighted by Crippen LogP contribution is 2.38. The lowest BCUT2D eigenvalue weighted by atomic mass is 9.80. The number of halogens is 4. The summed E-state index contributed by atoms with van der Waals surface area (Å²) in [6, 6.07) is 12.1. The van der Waals surface area contributed by atoms with Gasteiger partial charge in [0.2, 0.25) is 0 Å². The van der Waals surface area contributed by atoms with E-state index in [0.717, 1.165) is 44.5 Å². The van der Waals surface area contributed by atoms with E-state index in [1.54, 1.807) is 13.1 Å². The van der Waals surface area contributed by atoms with Crippen LogP contribution in [0.1, 0.15) is 62.1 Å². The van der Waals surface area contributed by atoms with Gasteiger partial charge in [0.05, 0.1) is 12.2 Å². The number of carbonyl (C=O) groups excluding carboxylic acids is 1. The van der Waals surface area contributed by atoms with Crippen molar-refractivity contribution in [2.24, 2.45) is 5.92 Å². The van der Waals surface area contributed by atoms with Crippen molar-refractivity contribution in [2.45, 2.75) is 69.8 Å². The van der Waals surface area contributed by atoms with E-state index in [1.165, 1.54) is 28.7 Å². The minimum Gasteiger partial charge on any atom is -0.363 e. The van der Waals surface area contributed by atoms with Gasteiger partial charge in [-0.1, -0.05) is 38.1 Å². The number of piperidine rings is 1. The predicted molar refractivity (Wildman–Crippen MR) is 134 cm³/mol. The molecule has 0 saturated carbocycles. The van der Waals surface area contributed by atoms with Gasteiger partial charge in [0.15, 0.2) is 0 Å². The molecule has 0 aliphatic carbocycles. The number of carbonyl (C=O) groups is 1. The van der Waals surface area contributed by atoms with Crippen LogP contribution in [0.4, 0.5) is 17.6 Å². The molecule has 0 spiro atoms. The van der Waals surface area contributed by atoms with Crippen molar-refractivity contribution in [3.63, 3.8) is 0 Å². The highest BCUT2D eigenvalue weighted by molar-refractivity contribution is 5.85. The monoisotopic (exact) mass is 520 g/mol. The van der Waals surface area contributed by atoms with Crippen LogP contribution in [0.25, 0.3) is 0 Å². The summed E-state index contributed by atoms with van der Waals surface area (Å²) >= 11 is 0. The van der Waals surface area contributed by atoms with E-state index in [1.807, 2.05) is 26.0 Å². The first-order chi connectivity index (χ1) is 17.5. The molecular formula is C29H36F4N2O2. The van der Waals surface area contributed by atoms with E-state index in [9.17, 15) is 22.4 Å². The zero-order valence-electron chi connectivity index (χ0n) is 21.7. The zero-order valence-corrected chi connectivity index (χ0v) is 21.7. The lowest BCUT2D eigenvalue weighted by Crippen LogP contribution is -2.58. The largest absolute Gasteiger partial charge is 0.416 e. The Hall–Kier alpha value is -2.45. The number of rotatable bonds is 6. The first kappa shape index (κ1) is 27.6. The second kappa shape index (κ2) is 11.1. The number of benzene rings is 2. The summed E-state index contributed by atoms with van der Waals surface area (Å²) < 4.78 is 59.0. The van der Waals surface area contributed by atoms with Crippen molar-refractivity contribution in [3.8, 4) is 0 Å². The van der Waals surface area contributed by atoms with Gasteiger partial charge in [-0.3, -0.25) is 9.69 Å². The maximum atomic E-state index is 13.6. The fourth-order valence-electron chi connectivity index (χ4n) is 5.79. The molecule has 202 valence electrons. The summed E-state index contributed by atoms with van der Waals surface area (Å²) in [5.41, 5.74) is -0.0971. The summed E-state index contributed by atoms with van der Waals surface area (Å²) in [5.74, 6) is -0.0612. The van der Waals surface area contributed by atoms with Gasteiger partial charge < -0.3 is 9.64 Å². The van der Waals surface area contributed by atoms with Gasteiger partial charge in [-0.2, -0.15) is 13.2 Å². The standard InChI is InChI=1S/C29H36F4N2O2/c1-20(2)28(27(36)34(3)18-21-5-4-6-24(17-21)29(31,32)33)14-11-26(19-37-28)35-15-12-23(13-16-35)22-7-9-25(30)10-8-22/h4-10,17,20,23,26H,11-16,18-19H2,1-3H3. The number of ether oxygens (including phenoxy) is 1. The summed E-state index contributed by atoms with van der Waals surface area (Å²) in [6.07, 6.45) is -1.04. The fraction of sp³-hybridized carbons (Fsp3) is 0.552. The van der Waals surface area contributed by atoms with Crippen molar-refractivity contribution in [2.75, 3.05) is 26.7 Å². The average molecular weight is 521 g/mol. The minimum atomic E-state index is -4.42. The molecule has 8 heteroatoms. The molecule has 0 N–H and O–H groups in total. The van der Waals surface area contributed by atoms with Crippen LogP contribution in [0.3, 0.4) is 0 Å². The Labute approximate surface area is 216 Å². The summed E-state index contributed by atoms with van der Waals surface area (Å²) in [6.45, 7) is 6.31. The molecule has 2 aromatic carbocycles. The summed E-state index contributed by atoms with van der Waals surface area (Å²) in [7, 11) is 1.63. The maximum absolute atomic E-state index is 13.6. The van der Waals surface area contributed by atoms with Crippen LogP contribution in [0.5, 0.6) is 0 Å². The van der Waals surface area contributed by atoms with Crippen LogP contribution in [0.2, 0.25) is 0 Å². The Morgan fingerprint density at radius 1 is 1.11 bits per heavy atom. The molecule has 2 saturated heterocycles. The highest BCUT2D eigenvalue weighted by atomic mass is 19.4. The average Bonchev–Trinajstić information content (AvgIpc) is 2.88. The number of hydrogen-bond acceptors (Lipinski definition) is 3. The molecule has 0 radical (unpaired) electrons. The van der Waals surface area contributed by atoms with Crippen molar-refractivity contribution in [1.29, 1.82) is 0 Å². The number of likely N-dealkylation sites (tertiary alicyclic amines) is 1. The SMILES string of the molecule is CC(C)C1(C(=O)N(C)Cc2cccc(C(F)(F)F)c2)CCC(N2CCC(c3ccc(F)cc3)CC2)CO1. The van der Waals surface area contributed by atoms with Crippen molar-refractivity contribution in [1.82, 2.24) is 9.80 Å². The van der Waals surface area contributed by atoms with Crippen LogP contribution in [-0.4, -0.2) is 54.1 Å². The molecule has 4 nitrogen and oxygen atoms in total. The van der Waals surface area contributed by atoms with E-state index in [4.69, 9.17) is 4.74 Å². The summed E-state index contributed by atoms with van der Waals surface area (Å²) in [4.78, 5) is 17.5. The molecule has 4 rings (SSSR count). The van der Waals surface area contributed by atoms with Crippen LogP contribution >= 0.6 is 0 Å². The molecule has 0 aromatic heterocycles. The number of likely N-dealkylation sites (N-methyl/N-ethyl adjacent to an activating group) is 1. The smallest absolute Gasteiger partial charge is 0.363 e. The van der Waals surface area contributed by atoms with E-state index in [2.05, 4.69) is 4.90 Å². The first-order valence-corrected chi connectivity index (χ1v) is 13.0. The maximum Gasteiger partial charge on any atom is 0.416 e. The molecule has 0 bridgehead atoms. The van der Waals surface area contributed by atoms with Gasteiger partial charge in [-0.05, 0) is 86.0 Å². The molecule has 37 heavy (non-hydrogen) atoms. The third kappa shape index (κ3) is 6.17. The Morgan fingerprint density at radius 2 is 1.78 bits per heavy atom. The Morgan fingerprint density at radius 3 is 2.35 bits per heavy atom. The van der Waals surface area contributed by atoms with Gasteiger partial charge in [-0.15, -0.1) is 0 Å². The Bertz CT molecular complexity index is 1050. The number of amides is 1. The number of hydrogen-bond donors (Lipinski definition) is 0. The summed E-state index contributed by atoms with van der Waals surface area (Å²) in [5, 5.41) is 0. The van der Waals surface area contributed by atoms with E-state index >= 15 is 0 Å². The van der Waals surface area contributed by atoms with Gasteiger partial charge in [0.1, 0.15) is 11.4 Å². The highest BCUT2D eigenvalue weighted by Gasteiger charge is 2.48. The Balaban J connectivity index is 1.35. The Kier molecular flexibility index (Phi) is 8.29. The molecule has 2 aliphatic heterocycles. The lowest BCUT2D eigenvalue weighted by Gasteiger charge is -2.47. The van der Waals surface area contributed by atoms with Gasteiger partial charge in [-0.25, -0.2) is 4.39 Å². The molecule has 2 aliphatic rings. The van der Waals surface area contributed by atoms with Crippen LogP contribution < -0.4 is 0 Å². The molecule has 2 heterocycles.